The number of hydrogen-bond donors (Lipinski definition) is 1. The molecule has 1 fully saturated rings. The Morgan fingerprint density at radius 1 is 1.17 bits per heavy atom. The first kappa shape index (κ1) is 18.8. The zero-order valence-corrected chi connectivity index (χ0v) is 16.0. The molecule has 0 unspecified atom stereocenters. The molecule has 146 valence electrons. The highest BCUT2D eigenvalue weighted by Gasteiger charge is 2.36. The predicted octanol–water partition coefficient (Wildman–Crippen LogP) is 2.81. The van der Waals surface area contributed by atoms with Gasteiger partial charge in [-0.05, 0) is 54.7 Å². The molecule has 29 heavy (non-hydrogen) atoms. The van der Waals surface area contributed by atoms with E-state index in [9.17, 15) is 19.7 Å². The smallest absolute Gasteiger partial charge is 0.322 e. The van der Waals surface area contributed by atoms with Crippen LogP contribution in [0.25, 0.3) is 6.08 Å². The maximum absolute atomic E-state index is 13.0. The van der Waals surface area contributed by atoms with Crippen molar-refractivity contribution in [3.8, 4) is 11.5 Å². The van der Waals surface area contributed by atoms with Crippen LogP contribution in [0.1, 0.15) is 5.56 Å². The van der Waals surface area contributed by atoms with Gasteiger partial charge in [-0.25, -0.2) is 0 Å². The summed E-state index contributed by atoms with van der Waals surface area (Å²) in [6, 6.07) is 9.09. The lowest BCUT2D eigenvalue weighted by molar-refractivity contribution is -0.385. The molecule has 0 radical (unpaired) electrons. The van der Waals surface area contributed by atoms with Crippen LogP contribution in [0.4, 0.5) is 11.4 Å². The number of nitrogens with zero attached hydrogens (tertiary/aromatic N) is 2. The van der Waals surface area contributed by atoms with Crippen LogP contribution in [0, 0.1) is 10.1 Å². The van der Waals surface area contributed by atoms with Gasteiger partial charge in [0.05, 0.1) is 16.2 Å². The monoisotopic (exact) mass is 431 g/mol. The lowest BCUT2D eigenvalue weighted by atomic mass is 10.0. The van der Waals surface area contributed by atoms with Crippen LogP contribution in [-0.2, 0) is 9.59 Å². The van der Waals surface area contributed by atoms with E-state index in [1.165, 1.54) is 12.1 Å². The molecule has 2 aromatic rings. The average Bonchev–Trinajstić information content (AvgIpc) is 3.14. The first-order valence-electron chi connectivity index (χ1n) is 8.11. The van der Waals surface area contributed by atoms with E-state index in [2.05, 4.69) is 5.32 Å². The van der Waals surface area contributed by atoms with Gasteiger partial charge < -0.3 is 9.47 Å². The van der Waals surface area contributed by atoms with E-state index in [0.717, 1.165) is 11.0 Å². The summed E-state index contributed by atoms with van der Waals surface area (Å²) in [7, 11) is 0. The largest absolute Gasteiger partial charge is 0.453 e. The fourth-order valence-electron chi connectivity index (χ4n) is 2.92. The summed E-state index contributed by atoms with van der Waals surface area (Å²) >= 11 is 11.0. The minimum absolute atomic E-state index is 0.0154. The highest BCUT2D eigenvalue weighted by Crippen LogP contribution is 2.43. The van der Waals surface area contributed by atoms with Gasteiger partial charge in [-0.1, -0.05) is 11.6 Å². The molecule has 11 heteroatoms. The lowest BCUT2D eigenvalue weighted by Crippen LogP contribution is -2.54. The SMILES string of the molecule is O=C1NC(=S)N(c2ccc(Cl)cc2)C(=O)C1=Cc1ccc2c(c1[N+](=O)[O-])OCO2. The molecule has 0 bridgehead atoms. The topological polar surface area (TPSA) is 111 Å². The van der Waals surface area contributed by atoms with Crippen molar-refractivity contribution < 1.29 is 24.0 Å². The highest BCUT2D eigenvalue weighted by atomic mass is 35.5. The number of hydrogen-bond acceptors (Lipinski definition) is 7. The lowest BCUT2D eigenvalue weighted by Gasteiger charge is -2.28. The number of benzene rings is 2. The molecule has 2 heterocycles. The van der Waals surface area contributed by atoms with Crippen molar-refractivity contribution in [2.75, 3.05) is 11.7 Å². The Hall–Kier alpha value is -3.50. The van der Waals surface area contributed by atoms with Crippen LogP contribution >= 0.6 is 23.8 Å². The van der Waals surface area contributed by atoms with Crippen LogP contribution in [0.2, 0.25) is 5.02 Å². The molecular formula is C18H10ClN3O6S. The molecular weight excluding hydrogens is 422 g/mol. The Bertz CT molecular complexity index is 1120. The summed E-state index contributed by atoms with van der Waals surface area (Å²) in [5.74, 6) is -1.34. The number of nitro groups is 1. The minimum Gasteiger partial charge on any atom is -0.453 e. The first-order chi connectivity index (χ1) is 13.9. The number of nitrogens with one attached hydrogen (secondary N) is 1. The standard InChI is InChI=1S/C18H10ClN3O6S/c19-10-2-4-11(5-3-10)21-17(24)12(16(23)20-18(21)29)7-9-1-6-13-15(28-8-27-13)14(9)22(25)26/h1-7H,8H2,(H,20,23,29). The average molecular weight is 432 g/mol. The normalized spacial score (nSPS) is 16.9. The Kier molecular flexibility index (Phi) is 4.65. The number of carbonyl (C=O) groups excluding carboxylic acids is 2. The molecule has 0 atom stereocenters. The van der Waals surface area contributed by atoms with E-state index in [-0.39, 0.29) is 34.5 Å². The van der Waals surface area contributed by atoms with Crippen molar-refractivity contribution in [3.63, 3.8) is 0 Å². The summed E-state index contributed by atoms with van der Waals surface area (Å²) in [6.45, 7) is -0.159. The third-order valence-electron chi connectivity index (χ3n) is 4.21. The molecule has 2 amide bonds. The second-order valence-electron chi connectivity index (χ2n) is 5.93. The fraction of sp³-hybridized carbons (Fsp3) is 0.0556. The predicted molar refractivity (Wildman–Crippen MR) is 107 cm³/mol. The minimum atomic E-state index is -0.767. The number of rotatable bonds is 3. The third-order valence-corrected chi connectivity index (χ3v) is 4.75. The number of fused-ring (bicyclic) bond motifs is 1. The quantitative estimate of drug-likeness (QED) is 0.261. The van der Waals surface area contributed by atoms with Crippen molar-refractivity contribution in [2.24, 2.45) is 0 Å². The number of ether oxygens (including phenoxy) is 2. The first-order valence-corrected chi connectivity index (χ1v) is 8.89. The molecule has 4 rings (SSSR count). The second kappa shape index (κ2) is 7.15. The molecule has 0 aliphatic carbocycles. The van der Waals surface area contributed by atoms with E-state index in [1.807, 2.05) is 0 Å². The van der Waals surface area contributed by atoms with E-state index >= 15 is 0 Å². The zero-order valence-electron chi connectivity index (χ0n) is 14.4. The molecule has 1 saturated heterocycles. The Labute approximate surface area is 173 Å². The van der Waals surface area contributed by atoms with Crippen molar-refractivity contribution in [3.05, 3.63) is 62.7 Å². The number of anilines is 1. The van der Waals surface area contributed by atoms with Crippen LogP contribution in [0.3, 0.4) is 0 Å². The summed E-state index contributed by atoms with van der Waals surface area (Å²) in [4.78, 5) is 37.4. The van der Waals surface area contributed by atoms with Crippen molar-refractivity contribution in [1.82, 2.24) is 5.32 Å². The zero-order chi connectivity index (χ0) is 20.7. The maximum atomic E-state index is 13.0. The van der Waals surface area contributed by atoms with E-state index < -0.39 is 22.4 Å². The van der Waals surface area contributed by atoms with Crippen LogP contribution in [-0.4, -0.2) is 28.6 Å². The molecule has 0 spiro atoms. The van der Waals surface area contributed by atoms with Gasteiger partial charge in [0.25, 0.3) is 11.8 Å². The molecule has 9 nitrogen and oxygen atoms in total. The Morgan fingerprint density at radius 3 is 2.59 bits per heavy atom. The van der Waals surface area contributed by atoms with Crippen molar-refractivity contribution in [1.29, 1.82) is 0 Å². The van der Waals surface area contributed by atoms with Gasteiger partial charge in [-0.2, -0.15) is 0 Å². The van der Waals surface area contributed by atoms with E-state index in [4.69, 9.17) is 33.3 Å². The van der Waals surface area contributed by atoms with Gasteiger partial charge >= 0.3 is 5.69 Å². The van der Waals surface area contributed by atoms with Gasteiger partial charge in [0.2, 0.25) is 12.5 Å². The van der Waals surface area contributed by atoms with E-state index in [1.54, 1.807) is 24.3 Å². The van der Waals surface area contributed by atoms with Crippen molar-refractivity contribution in [2.45, 2.75) is 0 Å². The molecule has 2 aliphatic rings. The van der Waals surface area contributed by atoms with Gasteiger partial charge in [0, 0.05) is 5.02 Å². The van der Waals surface area contributed by atoms with Crippen LogP contribution in [0.15, 0.2) is 42.0 Å². The maximum Gasteiger partial charge on any atom is 0.322 e. The number of halogens is 1. The van der Waals surface area contributed by atoms with Gasteiger partial charge in [0.1, 0.15) is 5.57 Å². The van der Waals surface area contributed by atoms with Crippen molar-refractivity contribution >= 4 is 58.2 Å². The summed E-state index contributed by atoms with van der Waals surface area (Å²) in [5.41, 5.74) is -0.327. The fourth-order valence-corrected chi connectivity index (χ4v) is 3.32. The van der Waals surface area contributed by atoms with Crippen LogP contribution < -0.4 is 19.7 Å². The van der Waals surface area contributed by atoms with Gasteiger partial charge in [0.15, 0.2) is 10.9 Å². The number of amides is 2. The number of thiocarbonyl (C=S) groups is 1. The summed E-state index contributed by atoms with van der Waals surface area (Å²) in [5, 5.41) is 14.3. The van der Waals surface area contributed by atoms with Gasteiger partial charge in [-0.15, -0.1) is 0 Å². The second-order valence-corrected chi connectivity index (χ2v) is 6.75. The number of carbonyl (C=O) groups is 2. The van der Waals surface area contributed by atoms with Crippen LogP contribution in [0.5, 0.6) is 11.5 Å². The summed E-state index contributed by atoms with van der Waals surface area (Å²) < 4.78 is 10.3. The Morgan fingerprint density at radius 2 is 1.90 bits per heavy atom. The molecule has 2 aromatic carbocycles. The van der Waals surface area contributed by atoms with Gasteiger partial charge in [-0.3, -0.25) is 29.9 Å². The highest BCUT2D eigenvalue weighted by molar-refractivity contribution is 7.80. The molecule has 2 aliphatic heterocycles. The molecule has 1 N–H and O–H groups in total. The molecule has 0 saturated carbocycles. The summed E-state index contributed by atoms with van der Waals surface area (Å²) in [6.07, 6.45) is 1.13. The Balaban J connectivity index is 1.80. The third kappa shape index (κ3) is 3.28. The molecule has 0 aromatic heterocycles. The number of nitro benzene ring substituents is 1. The van der Waals surface area contributed by atoms with E-state index in [0.29, 0.717) is 10.7 Å².